The summed E-state index contributed by atoms with van der Waals surface area (Å²) in [5.41, 5.74) is 6.74. The molecule has 0 aromatic carbocycles. The number of piperazine rings is 1. The van der Waals surface area contributed by atoms with Gasteiger partial charge in [0.05, 0.1) is 5.69 Å². The molecule has 0 atom stereocenters. The van der Waals surface area contributed by atoms with E-state index in [4.69, 9.17) is 5.73 Å². The van der Waals surface area contributed by atoms with Gasteiger partial charge in [-0.25, -0.2) is 4.98 Å². The Labute approximate surface area is 97.1 Å². The Hall–Kier alpha value is -1.13. The number of nitrogens with zero attached hydrogens (tertiary/aromatic N) is 3. The summed E-state index contributed by atoms with van der Waals surface area (Å²) in [4.78, 5) is 9.24. The molecule has 0 aliphatic carbocycles. The maximum atomic E-state index is 5.67. The highest BCUT2D eigenvalue weighted by Gasteiger charge is 2.15. The van der Waals surface area contributed by atoms with Crippen LogP contribution in [0.15, 0.2) is 18.2 Å². The van der Waals surface area contributed by atoms with Gasteiger partial charge in [-0.3, -0.25) is 4.90 Å². The van der Waals surface area contributed by atoms with E-state index in [2.05, 4.69) is 21.7 Å². The van der Waals surface area contributed by atoms with Gasteiger partial charge in [0, 0.05) is 32.7 Å². The van der Waals surface area contributed by atoms with Gasteiger partial charge in [0.2, 0.25) is 0 Å². The maximum Gasteiger partial charge on any atom is 0.123 e. The van der Waals surface area contributed by atoms with Gasteiger partial charge in [-0.2, -0.15) is 0 Å². The van der Waals surface area contributed by atoms with Gasteiger partial charge in [-0.05, 0) is 18.7 Å². The average Bonchev–Trinajstić information content (AvgIpc) is 2.30. The molecule has 1 fully saturated rings. The Bertz CT molecular complexity index is 332. The molecule has 0 bridgehead atoms. The molecule has 1 aliphatic rings. The molecule has 0 amide bonds. The van der Waals surface area contributed by atoms with Crippen molar-refractivity contribution in [3.05, 3.63) is 23.9 Å². The summed E-state index contributed by atoms with van der Waals surface area (Å²) in [6, 6.07) is 5.85. The average molecular weight is 220 g/mol. The van der Waals surface area contributed by atoms with E-state index in [0.717, 1.165) is 31.9 Å². The molecule has 2 N–H and O–H groups in total. The zero-order chi connectivity index (χ0) is 11.4. The number of likely N-dealkylation sites (N-methyl/N-ethyl adjacent to an activating group) is 1. The summed E-state index contributed by atoms with van der Waals surface area (Å²) in [5, 5.41) is 0. The molecule has 1 aromatic rings. The number of hydrogen-bond donors (Lipinski definition) is 1. The minimum Gasteiger partial charge on any atom is -0.384 e. The molecule has 0 radical (unpaired) electrons. The SMILES string of the molecule is CCN1CCN(Cc2cccc(N)n2)CC1. The molecule has 88 valence electrons. The third-order valence-electron chi connectivity index (χ3n) is 3.13. The van der Waals surface area contributed by atoms with Crippen LogP contribution < -0.4 is 5.73 Å². The summed E-state index contributed by atoms with van der Waals surface area (Å²) in [6.07, 6.45) is 0. The van der Waals surface area contributed by atoms with Crippen molar-refractivity contribution in [3.8, 4) is 0 Å². The molecule has 1 aromatic heterocycles. The minimum absolute atomic E-state index is 0.615. The zero-order valence-electron chi connectivity index (χ0n) is 9.89. The van der Waals surface area contributed by atoms with Crippen molar-refractivity contribution >= 4 is 5.82 Å². The van der Waals surface area contributed by atoms with Crippen LogP contribution in [0, 0.1) is 0 Å². The fourth-order valence-corrected chi connectivity index (χ4v) is 2.08. The predicted octanol–water partition coefficient (Wildman–Crippen LogP) is 0.801. The maximum absolute atomic E-state index is 5.67. The minimum atomic E-state index is 0.615. The van der Waals surface area contributed by atoms with Crippen LogP contribution >= 0.6 is 0 Å². The van der Waals surface area contributed by atoms with E-state index < -0.39 is 0 Å². The van der Waals surface area contributed by atoms with Crippen LogP contribution in [-0.4, -0.2) is 47.5 Å². The largest absolute Gasteiger partial charge is 0.384 e. The predicted molar refractivity (Wildman–Crippen MR) is 66.0 cm³/mol. The van der Waals surface area contributed by atoms with Gasteiger partial charge in [0.25, 0.3) is 0 Å². The number of nitrogen functional groups attached to an aromatic ring is 1. The van der Waals surface area contributed by atoms with Crippen molar-refractivity contribution in [3.63, 3.8) is 0 Å². The number of nitrogens with two attached hydrogens (primary N) is 1. The van der Waals surface area contributed by atoms with E-state index in [9.17, 15) is 0 Å². The molecule has 16 heavy (non-hydrogen) atoms. The topological polar surface area (TPSA) is 45.4 Å². The van der Waals surface area contributed by atoms with Crippen molar-refractivity contribution in [1.82, 2.24) is 14.8 Å². The van der Waals surface area contributed by atoms with Crippen LogP contribution in [0.25, 0.3) is 0 Å². The first-order valence-electron chi connectivity index (χ1n) is 5.94. The lowest BCUT2D eigenvalue weighted by molar-refractivity contribution is 0.131. The third kappa shape index (κ3) is 2.93. The Morgan fingerprint density at radius 2 is 1.88 bits per heavy atom. The Morgan fingerprint density at radius 1 is 1.19 bits per heavy atom. The van der Waals surface area contributed by atoms with E-state index in [-0.39, 0.29) is 0 Å². The van der Waals surface area contributed by atoms with E-state index in [1.165, 1.54) is 13.1 Å². The van der Waals surface area contributed by atoms with Gasteiger partial charge in [0.15, 0.2) is 0 Å². The smallest absolute Gasteiger partial charge is 0.123 e. The lowest BCUT2D eigenvalue weighted by atomic mass is 10.2. The van der Waals surface area contributed by atoms with Crippen molar-refractivity contribution in [2.75, 3.05) is 38.5 Å². The summed E-state index contributed by atoms with van der Waals surface area (Å²) in [6.45, 7) is 8.88. The van der Waals surface area contributed by atoms with Crippen LogP contribution in [-0.2, 0) is 6.54 Å². The number of rotatable bonds is 3. The van der Waals surface area contributed by atoms with Crippen molar-refractivity contribution in [2.45, 2.75) is 13.5 Å². The first-order valence-corrected chi connectivity index (χ1v) is 5.94. The number of anilines is 1. The molecule has 0 unspecified atom stereocenters. The normalized spacial score (nSPS) is 18.8. The summed E-state index contributed by atoms with van der Waals surface area (Å²) in [5.74, 6) is 0.615. The van der Waals surface area contributed by atoms with Crippen molar-refractivity contribution < 1.29 is 0 Å². The molecule has 4 nitrogen and oxygen atoms in total. The van der Waals surface area contributed by atoms with Crippen LogP contribution in [0.1, 0.15) is 12.6 Å². The van der Waals surface area contributed by atoms with Crippen LogP contribution in [0.4, 0.5) is 5.82 Å². The van der Waals surface area contributed by atoms with Gasteiger partial charge in [-0.15, -0.1) is 0 Å². The Balaban J connectivity index is 1.87. The summed E-state index contributed by atoms with van der Waals surface area (Å²) in [7, 11) is 0. The lowest BCUT2D eigenvalue weighted by Crippen LogP contribution is -2.45. The highest BCUT2D eigenvalue weighted by atomic mass is 15.3. The Kier molecular flexibility index (Phi) is 3.74. The highest BCUT2D eigenvalue weighted by Crippen LogP contribution is 2.07. The van der Waals surface area contributed by atoms with Gasteiger partial charge in [0.1, 0.15) is 5.82 Å². The molecule has 1 saturated heterocycles. The molecule has 2 heterocycles. The lowest BCUT2D eigenvalue weighted by Gasteiger charge is -2.33. The van der Waals surface area contributed by atoms with E-state index in [1.807, 2.05) is 18.2 Å². The Morgan fingerprint density at radius 3 is 2.50 bits per heavy atom. The molecular weight excluding hydrogens is 200 g/mol. The van der Waals surface area contributed by atoms with Gasteiger partial charge in [-0.1, -0.05) is 13.0 Å². The highest BCUT2D eigenvalue weighted by molar-refractivity contribution is 5.28. The molecule has 0 spiro atoms. The molecule has 0 saturated carbocycles. The number of hydrogen-bond acceptors (Lipinski definition) is 4. The van der Waals surface area contributed by atoms with Gasteiger partial charge < -0.3 is 10.6 Å². The van der Waals surface area contributed by atoms with E-state index >= 15 is 0 Å². The zero-order valence-corrected chi connectivity index (χ0v) is 9.89. The second-order valence-electron chi connectivity index (χ2n) is 4.26. The first kappa shape index (κ1) is 11.4. The standard InChI is InChI=1S/C12H20N4/c1-2-15-6-8-16(9-7-15)10-11-4-3-5-12(13)14-11/h3-5H,2,6-10H2,1H3,(H2,13,14). The van der Waals surface area contributed by atoms with Crippen molar-refractivity contribution in [1.29, 1.82) is 0 Å². The number of pyridine rings is 1. The molecule has 4 heteroatoms. The molecular formula is C12H20N4. The number of aromatic nitrogens is 1. The van der Waals surface area contributed by atoms with Crippen LogP contribution in [0.5, 0.6) is 0 Å². The molecule has 1 aliphatic heterocycles. The second kappa shape index (κ2) is 5.27. The van der Waals surface area contributed by atoms with Crippen molar-refractivity contribution in [2.24, 2.45) is 0 Å². The summed E-state index contributed by atoms with van der Waals surface area (Å²) >= 11 is 0. The fourth-order valence-electron chi connectivity index (χ4n) is 2.08. The van der Waals surface area contributed by atoms with E-state index in [0.29, 0.717) is 5.82 Å². The first-order chi connectivity index (χ1) is 7.78. The van der Waals surface area contributed by atoms with E-state index in [1.54, 1.807) is 0 Å². The molecule has 2 rings (SSSR count). The quantitative estimate of drug-likeness (QED) is 0.818. The van der Waals surface area contributed by atoms with Crippen LogP contribution in [0.3, 0.4) is 0 Å². The third-order valence-corrected chi connectivity index (χ3v) is 3.13. The second-order valence-corrected chi connectivity index (χ2v) is 4.26. The van der Waals surface area contributed by atoms with Gasteiger partial charge >= 0.3 is 0 Å². The summed E-state index contributed by atoms with van der Waals surface area (Å²) < 4.78 is 0. The monoisotopic (exact) mass is 220 g/mol. The fraction of sp³-hybridized carbons (Fsp3) is 0.583. The van der Waals surface area contributed by atoms with Crippen LogP contribution in [0.2, 0.25) is 0 Å².